The van der Waals surface area contributed by atoms with Crippen molar-refractivity contribution in [3.63, 3.8) is 0 Å². The van der Waals surface area contributed by atoms with Gasteiger partial charge in [0.15, 0.2) is 0 Å². The molecule has 0 radical (unpaired) electrons. The van der Waals surface area contributed by atoms with Crippen molar-refractivity contribution in [2.45, 2.75) is 18.5 Å². The minimum absolute atomic E-state index is 0.0147. The van der Waals surface area contributed by atoms with Crippen molar-refractivity contribution in [3.8, 4) is 0 Å². The molecule has 1 aromatic carbocycles. The lowest BCUT2D eigenvalue weighted by molar-refractivity contribution is -0.140. The zero-order valence-electron chi connectivity index (χ0n) is 14.2. The quantitative estimate of drug-likeness (QED) is 0.241. The van der Waals surface area contributed by atoms with Crippen LogP contribution in [0.3, 0.4) is 0 Å². The van der Waals surface area contributed by atoms with Gasteiger partial charge in [-0.2, -0.15) is 26.6 Å². The predicted molar refractivity (Wildman–Crippen MR) is 102 cm³/mol. The number of rotatable bonds is 6. The second kappa shape index (κ2) is 8.03. The molecule has 0 aliphatic carbocycles. The number of carbonyl (C=O) groups is 1. The first-order valence-corrected chi connectivity index (χ1v) is 9.13. The number of nitrogens with one attached hydrogen (secondary N) is 2. The van der Waals surface area contributed by atoms with Crippen molar-refractivity contribution < 1.29 is 22.4 Å². The van der Waals surface area contributed by atoms with Crippen LogP contribution in [0.4, 0.5) is 23.2 Å². The molecule has 1 atom stereocenters. The van der Waals surface area contributed by atoms with Crippen molar-refractivity contribution in [1.29, 1.82) is 0 Å². The number of nitrogens with zero attached hydrogens (tertiary/aromatic N) is 3. The van der Waals surface area contributed by atoms with E-state index in [-0.39, 0.29) is 11.3 Å². The molecule has 3 rings (SSSR count). The van der Waals surface area contributed by atoms with E-state index >= 15 is 0 Å². The number of carbonyl (C=O) groups excluding carboxylic acids is 1. The number of hydrogen-bond donors (Lipinski definition) is 3. The molecule has 1 unspecified atom stereocenters. The molecule has 1 aliphatic rings. The van der Waals surface area contributed by atoms with Gasteiger partial charge in [-0.3, -0.25) is 9.89 Å². The number of nitrogens with two attached hydrogens (primary N) is 1. The molecular formula is C16H15F4IN6O. The van der Waals surface area contributed by atoms with Gasteiger partial charge in [0.05, 0.1) is 40.3 Å². The van der Waals surface area contributed by atoms with Crippen LogP contribution in [0.1, 0.15) is 29.2 Å². The minimum Gasteiger partial charge on any atom is -0.382 e. The number of aromatic amines is 1. The Balaban J connectivity index is 2.01. The second-order valence-corrected chi connectivity index (χ2v) is 6.90. The molecule has 1 aliphatic heterocycles. The van der Waals surface area contributed by atoms with Crippen LogP contribution in [0.2, 0.25) is 0 Å². The van der Waals surface area contributed by atoms with Crippen LogP contribution in [0.15, 0.2) is 29.5 Å². The molecule has 150 valence electrons. The standard InChI is InChI=1S/C16H15F4IN6O/c17-10-3-2-8(6-9(10)16(18,19)20)12-14(26-27(21)15(12)28)13-11(7-24-25-13)23-5-1-4-22/h2-3,6-7,12,23H,1,4-5,22H2,(H,24,25). The number of halogens is 5. The summed E-state index contributed by atoms with van der Waals surface area (Å²) >= 11 is 1.65. The van der Waals surface area contributed by atoms with Crippen LogP contribution in [0.5, 0.6) is 0 Å². The van der Waals surface area contributed by atoms with Gasteiger partial charge in [-0.15, -0.1) is 0 Å². The predicted octanol–water partition coefficient (Wildman–Crippen LogP) is 3.01. The van der Waals surface area contributed by atoms with Gasteiger partial charge in [0.1, 0.15) is 23.1 Å². The average molecular weight is 510 g/mol. The van der Waals surface area contributed by atoms with E-state index < -0.39 is 29.4 Å². The Bertz CT molecular complexity index is 913. The zero-order valence-corrected chi connectivity index (χ0v) is 16.4. The number of amides is 1. The van der Waals surface area contributed by atoms with Crippen molar-refractivity contribution >= 4 is 40.2 Å². The average Bonchev–Trinajstić information content (AvgIpc) is 3.20. The highest BCUT2D eigenvalue weighted by atomic mass is 127. The molecule has 0 saturated heterocycles. The van der Waals surface area contributed by atoms with Crippen molar-refractivity contribution in [2.24, 2.45) is 10.8 Å². The van der Waals surface area contributed by atoms with E-state index in [1.54, 1.807) is 22.9 Å². The number of alkyl halides is 3. The Kier molecular flexibility index (Phi) is 5.88. The molecule has 0 saturated carbocycles. The van der Waals surface area contributed by atoms with Crippen LogP contribution in [-0.4, -0.2) is 38.1 Å². The highest BCUT2D eigenvalue weighted by Gasteiger charge is 2.41. The molecule has 4 N–H and O–H groups in total. The van der Waals surface area contributed by atoms with Crippen LogP contribution >= 0.6 is 22.9 Å². The number of anilines is 1. The molecule has 1 aromatic heterocycles. The van der Waals surface area contributed by atoms with Gasteiger partial charge in [0.2, 0.25) is 0 Å². The SMILES string of the molecule is NCCCNc1cn[nH]c1C1=NN(I)C(=O)C1c1ccc(F)c(C(F)(F)F)c1. The molecule has 2 aromatic rings. The Hall–Kier alpha value is -2.22. The lowest BCUT2D eigenvalue weighted by atomic mass is 9.90. The summed E-state index contributed by atoms with van der Waals surface area (Å²) < 4.78 is 53.9. The van der Waals surface area contributed by atoms with Crippen molar-refractivity contribution in [3.05, 3.63) is 47.0 Å². The molecule has 0 fully saturated rings. The summed E-state index contributed by atoms with van der Waals surface area (Å²) in [6.07, 6.45) is -2.71. The maximum Gasteiger partial charge on any atom is 0.419 e. The number of benzene rings is 1. The van der Waals surface area contributed by atoms with E-state index in [4.69, 9.17) is 5.73 Å². The fourth-order valence-corrected chi connectivity index (χ4v) is 3.31. The molecule has 0 spiro atoms. The van der Waals surface area contributed by atoms with Gasteiger partial charge in [-0.05, 0) is 30.7 Å². The van der Waals surface area contributed by atoms with Gasteiger partial charge in [-0.25, -0.2) is 4.39 Å². The van der Waals surface area contributed by atoms with Crippen LogP contribution < -0.4 is 11.1 Å². The zero-order chi connectivity index (χ0) is 20.5. The topological polar surface area (TPSA) is 99.4 Å². The van der Waals surface area contributed by atoms with Crippen molar-refractivity contribution in [2.75, 3.05) is 18.4 Å². The Morgan fingerprint density at radius 3 is 2.79 bits per heavy atom. The number of hydrogen-bond acceptors (Lipinski definition) is 5. The molecule has 12 heteroatoms. The summed E-state index contributed by atoms with van der Waals surface area (Å²) in [5, 5.41) is 13.9. The first-order chi connectivity index (χ1) is 13.2. The van der Waals surface area contributed by atoms with Crippen LogP contribution in [0, 0.1) is 5.82 Å². The largest absolute Gasteiger partial charge is 0.419 e. The Morgan fingerprint density at radius 1 is 1.36 bits per heavy atom. The fourth-order valence-electron chi connectivity index (χ4n) is 2.80. The van der Waals surface area contributed by atoms with E-state index in [0.717, 1.165) is 9.29 Å². The number of aromatic nitrogens is 2. The van der Waals surface area contributed by atoms with Gasteiger partial charge in [0.25, 0.3) is 5.91 Å². The highest BCUT2D eigenvalue weighted by Crippen LogP contribution is 2.37. The molecule has 1 amide bonds. The Morgan fingerprint density at radius 2 is 2.11 bits per heavy atom. The maximum absolute atomic E-state index is 13.7. The van der Waals surface area contributed by atoms with Crippen LogP contribution in [-0.2, 0) is 11.0 Å². The van der Waals surface area contributed by atoms with E-state index in [9.17, 15) is 22.4 Å². The summed E-state index contributed by atoms with van der Waals surface area (Å²) in [6, 6.07) is 2.49. The molecule has 2 heterocycles. The van der Waals surface area contributed by atoms with Crippen molar-refractivity contribution in [1.82, 2.24) is 13.4 Å². The number of hydrazone groups is 1. The first-order valence-electron chi connectivity index (χ1n) is 8.16. The minimum atomic E-state index is -4.88. The molecule has 28 heavy (non-hydrogen) atoms. The third-order valence-corrected chi connectivity index (χ3v) is 4.81. The van der Waals surface area contributed by atoms with E-state index in [2.05, 4.69) is 20.6 Å². The third-order valence-electron chi connectivity index (χ3n) is 4.12. The third kappa shape index (κ3) is 3.97. The smallest absolute Gasteiger partial charge is 0.382 e. The molecule has 7 nitrogen and oxygen atoms in total. The maximum atomic E-state index is 13.7. The Labute approximate surface area is 170 Å². The normalized spacial score (nSPS) is 17.2. The van der Waals surface area contributed by atoms with Gasteiger partial charge in [-0.1, -0.05) is 6.07 Å². The lowest BCUT2D eigenvalue weighted by Gasteiger charge is -2.15. The second-order valence-electron chi connectivity index (χ2n) is 5.98. The summed E-state index contributed by atoms with van der Waals surface area (Å²) in [7, 11) is 0. The molecule has 0 bridgehead atoms. The van der Waals surface area contributed by atoms with Gasteiger partial charge >= 0.3 is 6.18 Å². The van der Waals surface area contributed by atoms with E-state index in [1.165, 1.54) is 6.20 Å². The van der Waals surface area contributed by atoms with Gasteiger partial charge < -0.3 is 11.1 Å². The van der Waals surface area contributed by atoms with Crippen LogP contribution in [0.25, 0.3) is 0 Å². The van der Waals surface area contributed by atoms with E-state index in [1.807, 2.05) is 0 Å². The summed E-state index contributed by atoms with van der Waals surface area (Å²) in [4.78, 5) is 12.6. The summed E-state index contributed by atoms with van der Waals surface area (Å²) in [5.74, 6) is -3.08. The van der Waals surface area contributed by atoms with Gasteiger partial charge in [0, 0.05) is 6.54 Å². The summed E-state index contributed by atoms with van der Waals surface area (Å²) in [6.45, 7) is 1.01. The molecular weight excluding hydrogens is 495 g/mol. The summed E-state index contributed by atoms with van der Waals surface area (Å²) in [5.41, 5.74) is 5.10. The van der Waals surface area contributed by atoms with E-state index in [0.29, 0.717) is 43.0 Å². The first kappa shape index (κ1) is 20.5. The number of H-pyrrole nitrogens is 1. The fraction of sp³-hybridized carbons (Fsp3) is 0.312. The monoisotopic (exact) mass is 510 g/mol. The lowest BCUT2D eigenvalue weighted by Crippen LogP contribution is -2.22. The highest BCUT2D eigenvalue weighted by molar-refractivity contribution is 14.1.